The molecule has 5 nitrogen and oxygen atoms in total. The third kappa shape index (κ3) is 3.38. The summed E-state index contributed by atoms with van der Waals surface area (Å²) in [6.45, 7) is 4.70. The Kier molecular flexibility index (Phi) is 5.17. The molecule has 0 fully saturated rings. The third-order valence-electron chi connectivity index (χ3n) is 6.39. The van der Waals surface area contributed by atoms with E-state index in [1.807, 2.05) is 27.0 Å². The summed E-state index contributed by atoms with van der Waals surface area (Å²) in [7, 11) is 1.88. The molecule has 2 aromatic carbocycles. The number of nitrogens with one attached hydrogen (secondary N) is 3. The molecule has 4 aromatic rings. The summed E-state index contributed by atoms with van der Waals surface area (Å²) in [6, 6.07) is 9.02. The second-order valence-corrected chi connectivity index (χ2v) is 8.83. The van der Waals surface area contributed by atoms with Crippen molar-refractivity contribution in [2.24, 2.45) is 0 Å². The number of hydrogen-bond donors (Lipinski definition) is 4. The molecular weight excluding hydrogens is 417 g/mol. The molecule has 0 saturated heterocycles. The van der Waals surface area contributed by atoms with Crippen molar-refractivity contribution in [3.63, 3.8) is 0 Å². The number of H-pyrrole nitrogens is 2. The lowest BCUT2D eigenvalue weighted by atomic mass is 9.85. The normalized spacial score (nSPS) is 12.8. The average molecular weight is 444 g/mol. The maximum atomic E-state index is 14.6. The van der Waals surface area contributed by atoms with Gasteiger partial charge in [-0.05, 0) is 65.4 Å². The molecule has 168 valence electrons. The van der Waals surface area contributed by atoms with E-state index >= 15 is 0 Å². The van der Waals surface area contributed by atoms with Crippen LogP contribution >= 0.6 is 0 Å². The maximum absolute atomic E-state index is 14.6. The summed E-state index contributed by atoms with van der Waals surface area (Å²) in [4.78, 5) is 18.8. The van der Waals surface area contributed by atoms with Crippen LogP contribution in [0.25, 0.3) is 39.4 Å². The molecule has 4 N–H and O–H groups in total. The van der Waals surface area contributed by atoms with Crippen molar-refractivity contribution in [2.45, 2.75) is 32.7 Å². The van der Waals surface area contributed by atoms with Crippen LogP contribution < -0.4 is 5.32 Å². The van der Waals surface area contributed by atoms with E-state index in [4.69, 9.17) is 0 Å². The summed E-state index contributed by atoms with van der Waals surface area (Å²) >= 11 is 0. The summed E-state index contributed by atoms with van der Waals surface area (Å²) in [6.07, 6.45) is 6.78. The first kappa shape index (κ1) is 21.2. The molecule has 0 radical (unpaired) electrons. The fourth-order valence-corrected chi connectivity index (χ4v) is 5.08. The van der Waals surface area contributed by atoms with Crippen LogP contribution in [0.2, 0.25) is 0 Å². The highest BCUT2D eigenvalue weighted by Gasteiger charge is 2.30. The standard InChI is InChI=1S/C27H26FN3O2/c1-14(2)22-24(23-16(13-29-3)8-7-15-5-4-6-18(15)23)26(27(32)33)31-25(22)20-11-17(28)12-21-19(20)9-10-30-21/h4,6-12,14,29-31H,5,13H2,1-3H3,(H,32,33). The second kappa shape index (κ2) is 8.05. The van der Waals surface area contributed by atoms with Crippen LogP contribution in [-0.2, 0) is 13.0 Å². The summed E-state index contributed by atoms with van der Waals surface area (Å²) in [5, 5.41) is 14.3. The van der Waals surface area contributed by atoms with Gasteiger partial charge in [0.1, 0.15) is 11.5 Å². The molecule has 0 spiro atoms. The van der Waals surface area contributed by atoms with Crippen molar-refractivity contribution in [1.82, 2.24) is 15.3 Å². The van der Waals surface area contributed by atoms with E-state index in [-0.39, 0.29) is 17.4 Å². The Morgan fingerprint density at radius 2 is 2.03 bits per heavy atom. The first-order valence-corrected chi connectivity index (χ1v) is 11.1. The van der Waals surface area contributed by atoms with Gasteiger partial charge >= 0.3 is 5.97 Å². The largest absolute Gasteiger partial charge is 0.477 e. The molecule has 0 unspecified atom stereocenters. The predicted octanol–water partition coefficient (Wildman–Crippen LogP) is 6.08. The van der Waals surface area contributed by atoms with E-state index in [1.54, 1.807) is 6.20 Å². The zero-order valence-corrected chi connectivity index (χ0v) is 18.8. The van der Waals surface area contributed by atoms with Gasteiger partial charge in [0, 0.05) is 34.8 Å². The molecule has 0 atom stereocenters. The van der Waals surface area contributed by atoms with Gasteiger partial charge in [-0.3, -0.25) is 0 Å². The van der Waals surface area contributed by atoms with E-state index < -0.39 is 5.97 Å². The zero-order chi connectivity index (χ0) is 23.3. The van der Waals surface area contributed by atoms with Gasteiger partial charge in [-0.2, -0.15) is 0 Å². The van der Waals surface area contributed by atoms with E-state index in [0.717, 1.165) is 34.1 Å². The fourth-order valence-electron chi connectivity index (χ4n) is 5.08. The lowest BCUT2D eigenvalue weighted by molar-refractivity contribution is 0.0692. The van der Waals surface area contributed by atoms with Gasteiger partial charge in [-0.1, -0.05) is 38.1 Å². The Balaban J connectivity index is 1.91. The lowest BCUT2D eigenvalue weighted by Crippen LogP contribution is -2.10. The van der Waals surface area contributed by atoms with Crippen LogP contribution in [-0.4, -0.2) is 28.1 Å². The Hall–Kier alpha value is -3.64. The van der Waals surface area contributed by atoms with Crippen LogP contribution in [0.1, 0.15) is 52.5 Å². The quantitative estimate of drug-likeness (QED) is 0.292. The SMILES string of the molecule is CNCc1ccc2c(c1-c1c(C(=O)O)[nH]c(-c3cc(F)cc4[nH]ccc34)c1C(C)C)C=CC2. The van der Waals surface area contributed by atoms with Crippen LogP contribution in [0.5, 0.6) is 0 Å². The number of fused-ring (bicyclic) bond motifs is 2. The Labute approximate surface area is 191 Å². The van der Waals surface area contributed by atoms with Gasteiger partial charge in [0.25, 0.3) is 0 Å². The number of allylic oxidation sites excluding steroid dienone is 1. The minimum atomic E-state index is -1.03. The van der Waals surface area contributed by atoms with Crippen molar-refractivity contribution in [2.75, 3.05) is 7.05 Å². The fraction of sp³-hybridized carbons (Fsp3) is 0.222. The number of carboxylic acid groups (broad SMARTS) is 1. The number of carbonyl (C=O) groups is 1. The van der Waals surface area contributed by atoms with Gasteiger partial charge in [-0.15, -0.1) is 0 Å². The smallest absolute Gasteiger partial charge is 0.352 e. The van der Waals surface area contributed by atoms with Crippen molar-refractivity contribution in [1.29, 1.82) is 0 Å². The number of rotatable bonds is 6. The van der Waals surface area contributed by atoms with Gasteiger partial charge in [0.05, 0.1) is 5.69 Å². The number of halogens is 1. The number of aromatic carboxylic acids is 1. The van der Waals surface area contributed by atoms with Crippen molar-refractivity contribution < 1.29 is 14.3 Å². The molecule has 5 rings (SSSR count). The highest BCUT2D eigenvalue weighted by atomic mass is 19.1. The average Bonchev–Trinajstić information content (AvgIpc) is 3.50. The monoisotopic (exact) mass is 443 g/mol. The summed E-state index contributed by atoms with van der Waals surface area (Å²) in [5.74, 6) is -1.41. The molecule has 2 heterocycles. The molecule has 33 heavy (non-hydrogen) atoms. The number of hydrogen-bond acceptors (Lipinski definition) is 2. The van der Waals surface area contributed by atoms with Crippen LogP contribution in [0.3, 0.4) is 0 Å². The van der Waals surface area contributed by atoms with Gasteiger partial charge in [-0.25, -0.2) is 9.18 Å². The predicted molar refractivity (Wildman–Crippen MR) is 130 cm³/mol. The molecule has 6 heteroatoms. The lowest BCUT2D eigenvalue weighted by Gasteiger charge is -2.18. The summed E-state index contributed by atoms with van der Waals surface area (Å²) < 4.78 is 14.6. The van der Waals surface area contributed by atoms with Crippen LogP contribution in [0, 0.1) is 5.82 Å². The third-order valence-corrected chi connectivity index (χ3v) is 6.39. The second-order valence-electron chi connectivity index (χ2n) is 8.83. The first-order valence-electron chi connectivity index (χ1n) is 11.1. The maximum Gasteiger partial charge on any atom is 0.352 e. The highest BCUT2D eigenvalue weighted by Crippen LogP contribution is 2.45. The molecule has 0 saturated carbocycles. The van der Waals surface area contributed by atoms with Crippen LogP contribution in [0.15, 0.2) is 42.6 Å². The molecule has 2 aromatic heterocycles. The number of aromatic nitrogens is 2. The van der Waals surface area contributed by atoms with Crippen molar-refractivity contribution in [3.05, 3.63) is 76.4 Å². The van der Waals surface area contributed by atoms with E-state index in [2.05, 4.69) is 39.6 Å². The van der Waals surface area contributed by atoms with Gasteiger partial charge < -0.3 is 20.4 Å². The molecule has 0 aliphatic heterocycles. The van der Waals surface area contributed by atoms with E-state index in [1.165, 1.54) is 17.7 Å². The van der Waals surface area contributed by atoms with Crippen LogP contribution in [0.4, 0.5) is 4.39 Å². The minimum absolute atomic E-state index is 0.000263. The van der Waals surface area contributed by atoms with Gasteiger partial charge in [0.15, 0.2) is 0 Å². The van der Waals surface area contributed by atoms with Crippen molar-refractivity contribution >= 4 is 22.9 Å². The van der Waals surface area contributed by atoms with Crippen molar-refractivity contribution in [3.8, 4) is 22.4 Å². The molecule has 0 bridgehead atoms. The Morgan fingerprint density at radius 3 is 2.76 bits per heavy atom. The topological polar surface area (TPSA) is 80.9 Å². The number of carboxylic acids is 1. The molecule has 0 amide bonds. The Bertz CT molecular complexity index is 1430. The van der Waals surface area contributed by atoms with Gasteiger partial charge in [0.2, 0.25) is 0 Å². The molecular formula is C27H26FN3O2. The highest BCUT2D eigenvalue weighted by molar-refractivity contribution is 6.04. The molecule has 1 aliphatic carbocycles. The van der Waals surface area contributed by atoms with E-state index in [0.29, 0.717) is 28.9 Å². The number of aromatic amines is 2. The van der Waals surface area contributed by atoms with E-state index in [9.17, 15) is 14.3 Å². The minimum Gasteiger partial charge on any atom is -0.477 e. The molecule has 1 aliphatic rings. The Morgan fingerprint density at radius 1 is 1.21 bits per heavy atom. The first-order chi connectivity index (χ1) is 15.9. The zero-order valence-electron chi connectivity index (χ0n) is 18.8. The number of benzene rings is 2. The summed E-state index contributed by atoms with van der Waals surface area (Å²) in [5.41, 5.74) is 7.88.